The van der Waals surface area contributed by atoms with Crippen molar-refractivity contribution in [3.05, 3.63) is 65.0 Å². The van der Waals surface area contributed by atoms with Crippen LogP contribution < -0.4 is 0 Å². The summed E-state index contributed by atoms with van der Waals surface area (Å²) >= 11 is 0. The van der Waals surface area contributed by atoms with Gasteiger partial charge in [0.05, 0.1) is 5.69 Å². The Labute approximate surface area is 104 Å². The second kappa shape index (κ2) is 4.11. The van der Waals surface area contributed by atoms with Crippen molar-refractivity contribution in [2.75, 3.05) is 0 Å². The molecule has 3 rings (SSSR count). The fourth-order valence-corrected chi connectivity index (χ4v) is 2.16. The number of benzene rings is 1. The van der Waals surface area contributed by atoms with E-state index in [1.807, 2.05) is 18.2 Å². The molecule has 1 N–H and O–H groups in total. The number of Topliss-reactive ketones (excluding diaryl/α,β-unsaturated/α-hetero) is 1. The molecule has 0 atom stereocenters. The monoisotopic (exact) mass is 237 g/mol. The molecule has 1 heterocycles. The summed E-state index contributed by atoms with van der Waals surface area (Å²) in [6, 6.07) is 10.4. The van der Waals surface area contributed by atoms with E-state index in [-0.39, 0.29) is 11.5 Å². The first kappa shape index (κ1) is 10.7. The molecule has 0 unspecified atom stereocenters. The molecule has 1 aromatic heterocycles. The quantitative estimate of drug-likeness (QED) is 0.775. The Hall–Kier alpha value is -2.42. The summed E-state index contributed by atoms with van der Waals surface area (Å²) in [4.78, 5) is 16.3. The van der Waals surface area contributed by atoms with Gasteiger partial charge in [0.25, 0.3) is 0 Å². The van der Waals surface area contributed by atoms with Crippen molar-refractivity contribution < 1.29 is 9.90 Å². The van der Waals surface area contributed by atoms with E-state index < -0.39 is 0 Å². The van der Waals surface area contributed by atoms with Crippen molar-refractivity contribution >= 4 is 11.9 Å². The van der Waals surface area contributed by atoms with Gasteiger partial charge in [-0.3, -0.25) is 9.78 Å². The molecular weight excluding hydrogens is 226 g/mol. The van der Waals surface area contributed by atoms with E-state index in [1.54, 1.807) is 30.5 Å². The predicted octanol–water partition coefficient (Wildman–Crippen LogP) is 2.61. The lowest BCUT2D eigenvalue weighted by atomic mass is 10.1. The second-order valence-corrected chi connectivity index (χ2v) is 4.27. The highest BCUT2D eigenvalue weighted by molar-refractivity contribution is 6.15. The molecule has 1 aliphatic carbocycles. The molecule has 0 bridgehead atoms. The first-order valence-corrected chi connectivity index (χ1v) is 5.72. The number of aromatic hydroxyl groups is 1. The van der Waals surface area contributed by atoms with Crippen LogP contribution in [-0.2, 0) is 6.42 Å². The minimum absolute atomic E-state index is 0.0238. The first-order chi connectivity index (χ1) is 8.74. The van der Waals surface area contributed by atoms with Crippen LogP contribution in [0.3, 0.4) is 0 Å². The van der Waals surface area contributed by atoms with Gasteiger partial charge in [-0.25, -0.2) is 0 Å². The fraction of sp³-hybridized carbons (Fsp3) is 0.0667. The smallest absolute Gasteiger partial charge is 0.189 e. The highest BCUT2D eigenvalue weighted by atomic mass is 16.3. The highest BCUT2D eigenvalue weighted by Gasteiger charge is 2.24. The Morgan fingerprint density at radius 2 is 2.11 bits per heavy atom. The lowest BCUT2D eigenvalue weighted by Gasteiger charge is -1.95. The largest absolute Gasteiger partial charge is 0.508 e. The van der Waals surface area contributed by atoms with Crippen LogP contribution in [0, 0.1) is 0 Å². The third-order valence-electron chi connectivity index (χ3n) is 3.02. The molecule has 3 heteroatoms. The topological polar surface area (TPSA) is 50.2 Å². The van der Waals surface area contributed by atoms with Crippen molar-refractivity contribution in [3.63, 3.8) is 0 Å². The SMILES string of the molecule is O=C1/C(=C\c2ccccn2)Cc2cc(O)ccc21. The predicted molar refractivity (Wildman–Crippen MR) is 68.4 cm³/mol. The van der Waals surface area contributed by atoms with Crippen LogP contribution in [0.15, 0.2) is 48.2 Å². The summed E-state index contributed by atoms with van der Waals surface area (Å²) in [5.41, 5.74) is 3.05. The van der Waals surface area contributed by atoms with Crippen LogP contribution in [0.25, 0.3) is 6.08 Å². The van der Waals surface area contributed by atoms with E-state index in [9.17, 15) is 9.90 Å². The van der Waals surface area contributed by atoms with Gasteiger partial charge < -0.3 is 5.11 Å². The zero-order valence-corrected chi connectivity index (χ0v) is 9.63. The van der Waals surface area contributed by atoms with Crippen LogP contribution in [0.5, 0.6) is 5.75 Å². The number of phenolic OH excluding ortho intramolecular Hbond substituents is 1. The second-order valence-electron chi connectivity index (χ2n) is 4.27. The van der Waals surface area contributed by atoms with Crippen molar-refractivity contribution in [2.24, 2.45) is 0 Å². The molecule has 88 valence electrons. The molecule has 0 spiro atoms. The van der Waals surface area contributed by atoms with Gasteiger partial charge in [-0.05, 0) is 42.0 Å². The van der Waals surface area contributed by atoms with E-state index in [0.717, 1.165) is 11.3 Å². The fourth-order valence-electron chi connectivity index (χ4n) is 2.16. The summed E-state index contributed by atoms with van der Waals surface area (Å²) in [6.45, 7) is 0. The maximum absolute atomic E-state index is 12.1. The van der Waals surface area contributed by atoms with Gasteiger partial charge in [0.1, 0.15) is 5.75 Å². The Morgan fingerprint density at radius 1 is 1.22 bits per heavy atom. The summed E-state index contributed by atoms with van der Waals surface area (Å²) in [5.74, 6) is 0.219. The van der Waals surface area contributed by atoms with Crippen LogP contribution in [0.4, 0.5) is 0 Å². The zero-order valence-electron chi connectivity index (χ0n) is 9.63. The number of fused-ring (bicyclic) bond motifs is 1. The molecule has 0 saturated carbocycles. The molecule has 1 aromatic carbocycles. The molecule has 0 radical (unpaired) electrons. The summed E-state index contributed by atoms with van der Waals surface area (Å²) < 4.78 is 0. The van der Waals surface area contributed by atoms with Crippen LogP contribution in [-0.4, -0.2) is 15.9 Å². The minimum Gasteiger partial charge on any atom is -0.508 e. The van der Waals surface area contributed by atoms with Crippen LogP contribution in [0.2, 0.25) is 0 Å². The average Bonchev–Trinajstić information content (AvgIpc) is 2.67. The standard InChI is InChI=1S/C15H11NO2/c17-13-4-5-14-10(9-13)7-11(15(14)18)8-12-3-1-2-6-16-12/h1-6,8-9,17H,7H2/b11-8-. The van der Waals surface area contributed by atoms with Crippen molar-refractivity contribution in [3.8, 4) is 5.75 Å². The summed E-state index contributed by atoms with van der Waals surface area (Å²) in [5, 5.41) is 9.42. The number of hydrogen-bond acceptors (Lipinski definition) is 3. The van der Waals surface area contributed by atoms with Gasteiger partial charge in [-0.15, -0.1) is 0 Å². The number of pyridine rings is 1. The first-order valence-electron chi connectivity index (χ1n) is 5.72. The zero-order chi connectivity index (χ0) is 12.5. The summed E-state index contributed by atoms with van der Waals surface area (Å²) in [6.07, 6.45) is 4.06. The highest BCUT2D eigenvalue weighted by Crippen LogP contribution is 2.29. The minimum atomic E-state index is 0.0238. The van der Waals surface area contributed by atoms with Gasteiger partial charge in [0, 0.05) is 23.8 Å². The average molecular weight is 237 g/mol. The number of rotatable bonds is 1. The number of ketones is 1. The number of aromatic nitrogens is 1. The lowest BCUT2D eigenvalue weighted by Crippen LogP contribution is -1.95. The molecule has 2 aromatic rings. The third kappa shape index (κ3) is 1.80. The van der Waals surface area contributed by atoms with Gasteiger partial charge in [-0.2, -0.15) is 0 Å². The molecule has 0 fully saturated rings. The molecule has 0 saturated heterocycles. The van der Waals surface area contributed by atoms with E-state index in [2.05, 4.69) is 4.98 Å². The van der Waals surface area contributed by atoms with Gasteiger partial charge >= 0.3 is 0 Å². The van der Waals surface area contributed by atoms with E-state index in [0.29, 0.717) is 17.6 Å². The summed E-state index contributed by atoms with van der Waals surface area (Å²) in [7, 11) is 0. The van der Waals surface area contributed by atoms with Crippen molar-refractivity contribution in [1.29, 1.82) is 0 Å². The molecule has 0 aliphatic heterocycles. The Balaban J connectivity index is 2.00. The van der Waals surface area contributed by atoms with Gasteiger partial charge in [0.2, 0.25) is 0 Å². The maximum Gasteiger partial charge on any atom is 0.189 e. The third-order valence-corrected chi connectivity index (χ3v) is 3.02. The van der Waals surface area contributed by atoms with Gasteiger partial charge in [-0.1, -0.05) is 6.07 Å². The van der Waals surface area contributed by atoms with E-state index in [4.69, 9.17) is 0 Å². The van der Waals surface area contributed by atoms with E-state index in [1.165, 1.54) is 0 Å². The van der Waals surface area contributed by atoms with E-state index >= 15 is 0 Å². The molecular formula is C15H11NO2. The normalized spacial score (nSPS) is 16.0. The maximum atomic E-state index is 12.1. The number of phenols is 1. The van der Waals surface area contributed by atoms with Crippen molar-refractivity contribution in [1.82, 2.24) is 4.98 Å². The number of hydrogen-bond donors (Lipinski definition) is 1. The number of allylic oxidation sites excluding steroid dienone is 1. The number of nitrogens with zero attached hydrogens (tertiary/aromatic N) is 1. The number of carbonyl (C=O) groups is 1. The molecule has 18 heavy (non-hydrogen) atoms. The Kier molecular flexibility index (Phi) is 2.45. The van der Waals surface area contributed by atoms with Gasteiger partial charge in [0.15, 0.2) is 5.78 Å². The van der Waals surface area contributed by atoms with Crippen molar-refractivity contribution in [2.45, 2.75) is 6.42 Å². The molecule has 1 aliphatic rings. The lowest BCUT2D eigenvalue weighted by molar-refractivity contribution is 0.104. The molecule has 0 amide bonds. The van der Waals surface area contributed by atoms with Crippen LogP contribution >= 0.6 is 0 Å². The Bertz CT molecular complexity index is 645. The van der Waals surface area contributed by atoms with Crippen LogP contribution in [0.1, 0.15) is 21.6 Å². The Morgan fingerprint density at radius 3 is 2.89 bits per heavy atom. The number of carbonyl (C=O) groups excluding carboxylic acids is 1. The molecule has 3 nitrogen and oxygen atoms in total.